The van der Waals surface area contributed by atoms with E-state index in [1.54, 1.807) is 0 Å². The maximum absolute atomic E-state index is 4.82. The van der Waals surface area contributed by atoms with Gasteiger partial charge in [-0.1, -0.05) is 64.7 Å². The first-order valence-electron chi connectivity index (χ1n) is 7.60. The summed E-state index contributed by atoms with van der Waals surface area (Å²) in [7, 11) is 0. The van der Waals surface area contributed by atoms with Gasteiger partial charge in [-0.15, -0.1) is 0 Å². The van der Waals surface area contributed by atoms with Gasteiger partial charge in [0.2, 0.25) is 0 Å². The van der Waals surface area contributed by atoms with E-state index in [9.17, 15) is 0 Å². The summed E-state index contributed by atoms with van der Waals surface area (Å²) in [4.78, 5) is 0. The van der Waals surface area contributed by atoms with Crippen molar-refractivity contribution in [2.75, 3.05) is 6.54 Å². The summed E-state index contributed by atoms with van der Waals surface area (Å²) < 4.78 is 0. The second-order valence-corrected chi connectivity index (χ2v) is 5.32. The van der Waals surface area contributed by atoms with Crippen LogP contribution in [-0.2, 0) is 0 Å². The van der Waals surface area contributed by atoms with E-state index in [-0.39, 0.29) is 0 Å². The third kappa shape index (κ3) is 7.27. The van der Waals surface area contributed by atoms with E-state index >= 15 is 0 Å². The summed E-state index contributed by atoms with van der Waals surface area (Å²) in [5.41, 5.74) is 0. The Morgan fingerprint density at radius 2 is 1.44 bits per heavy atom. The van der Waals surface area contributed by atoms with Crippen molar-refractivity contribution in [2.45, 2.75) is 90.0 Å². The molecule has 1 nitrogen and oxygen atoms in total. The molecule has 16 heavy (non-hydrogen) atoms. The number of hydrogen-bond acceptors (Lipinski definition) is 0. The molecule has 0 heterocycles. The van der Waals surface area contributed by atoms with Crippen molar-refractivity contribution in [1.82, 2.24) is 5.32 Å². The fourth-order valence-corrected chi connectivity index (χ4v) is 2.61. The molecule has 1 rings (SSSR count). The molecule has 0 aromatic carbocycles. The van der Waals surface area contributed by atoms with Crippen molar-refractivity contribution in [2.24, 2.45) is 0 Å². The zero-order chi connectivity index (χ0) is 11.5. The number of hydrogen-bond donors (Lipinski definition) is 0. The monoisotopic (exact) mass is 224 g/mol. The molecular formula is C15H30N. The largest absolute Gasteiger partial charge is 0.238 e. The lowest BCUT2D eigenvalue weighted by molar-refractivity contribution is 0.363. The van der Waals surface area contributed by atoms with E-state index in [1.165, 1.54) is 77.0 Å². The summed E-state index contributed by atoms with van der Waals surface area (Å²) in [5, 5.41) is 4.82. The van der Waals surface area contributed by atoms with E-state index in [0.717, 1.165) is 12.6 Å². The van der Waals surface area contributed by atoms with Gasteiger partial charge in [0.05, 0.1) is 0 Å². The Kier molecular flexibility index (Phi) is 8.88. The molecule has 0 amide bonds. The molecule has 0 unspecified atom stereocenters. The van der Waals surface area contributed by atoms with Gasteiger partial charge in [-0.25, -0.2) is 5.32 Å². The lowest BCUT2D eigenvalue weighted by Crippen LogP contribution is -2.25. The Labute approximate surface area is 102 Å². The van der Waals surface area contributed by atoms with Crippen LogP contribution in [0.1, 0.15) is 84.0 Å². The summed E-state index contributed by atoms with van der Waals surface area (Å²) in [6.45, 7) is 3.42. The third-order valence-electron chi connectivity index (χ3n) is 3.72. The summed E-state index contributed by atoms with van der Waals surface area (Å²) in [6.07, 6.45) is 16.9. The SMILES string of the molecule is CCCCCCCCC[N]C1CCCCC1. The number of rotatable bonds is 9. The quantitative estimate of drug-likeness (QED) is 0.505. The fourth-order valence-electron chi connectivity index (χ4n) is 2.61. The van der Waals surface area contributed by atoms with Gasteiger partial charge in [0, 0.05) is 12.6 Å². The molecule has 0 atom stereocenters. The van der Waals surface area contributed by atoms with Gasteiger partial charge >= 0.3 is 0 Å². The predicted octanol–water partition coefficient (Wildman–Crippen LogP) is 4.67. The van der Waals surface area contributed by atoms with E-state index in [1.807, 2.05) is 0 Å². The Balaban J connectivity index is 1.77. The van der Waals surface area contributed by atoms with Crippen molar-refractivity contribution >= 4 is 0 Å². The van der Waals surface area contributed by atoms with Crippen LogP contribution >= 0.6 is 0 Å². The zero-order valence-corrected chi connectivity index (χ0v) is 11.2. The molecule has 95 valence electrons. The molecule has 0 saturated heterocycles. The highest BCUT2D eigenvalue weighted by atomic mass is 14.9. The van der Waals surface area contributed by atoms with Crippen LogP contribution in [0.15, 0.2) is 0 Å². The van der Waals surface area contributed by atoms with Gasteiger partial charge in [-0.05, 0) is 19.3 Å². The van der Waals surface area contributed by atoms with E-state index in [0.29, 0.717) is 0 Å². The standard InChI is InChI=1S/C15H30N/c1-2-3-4-5-6-7-11-14-16-15-12-9-8-10-13-15/h15H,2-14H2,1H3. The van der Waals surface area contributed by atoms with Crippen molar-refractivity contribution < 1.29 is 0 Å². The highest BCUT2D eigenvalue weighted by Gasteiger charge is 2.12. The topological polar surface area (TPSA) is 14.1 Å². The van der Waals surface area contributed by atoms with Gasteiger partial charge in [-0.3, -0.25) is 0 Å². The second kappa shape index (κ2) is 10.1. The van der Waals surface area contributed by atoms with Gasteiger partial charge in [0.15, 0.2) is 0 Å². The Morgan fingerprint density at radius 3 is 2.12 bits per heavy atom. The first kappa shape index (κ1) is 14.0. The molecule has 0 aromatic rings. The Bertz CT molecular complexity index is 138. The minimum atomic E-state index is 0.730. The molecule has 1 aliphatic carbocycles. The van der Waals surface area contributed by atoms with Gasteiger partial charge < -0.3 is 0 Å². The van der Waals surface area contributed by atoms with Gasteiger partial charge in [0.1, 0.15) is 0 Å². The highest BCUT2D eigenvalue weighted by molar-refractivity contribution is 4.71. The zero-order valence-electron chi connectivity index (χ0n) is 11.2. The molecule has 0 aromatic heterocycles. The fraction of sp³-hybridized carbons (Fsp3) is 1.00. The maximum Gasteiger partial charge on any atom is 0.0246 e. The van der Waals surface area contributed by atoms with Crippen molar-refractivity contribution in [3.8, 4) is 0 Å². The van der Waals surface area contributed by atoms with Crippen LogP contribution in [-0.4, -0.2) is 12.6 Å². The van der Waals surface area contributed by atoms with Crippen LogP contribution < -0.4 is 5.32 Å². The smallest absolute Gasteiger partial charge is 0.0246 e. The van der Waals surface area contributed by atoms with Crippen LogP contribution in [0.3, 0.4) is 0 Å². The summed E-state index contributed by atoms with van der Waals surface area (Å²) >= 11 is 0. The lowest BCUT2D eigenvalue weighted by atomic mass is 9.95. The van der Waals surface area contributed by atoms with Crippen LogP contribution in [0.2, 0.25) is 0 Å². The highest BCUT2D eigenvalue weighted by Crippen LogP contribution is 2.18. The van der Waals surface area contributed by atoms with Crippen molar-refractivity contribution in [3.05, 3.63) is 0 Å². The minimum Gasteiger partial charge on any atom is -0.238 e. The molecule has 0 spiro atoms. The molecule has 1 radical (unpaired) electrons. The first-order valence-corrected chi connectivity index (χ1v) is 7.60. The lowest BCUT2D eigenvalue weighted by Gasteiger charge is -2.21. The second-order valence-electron chi connectivity index (χ2n) is 5.32. The Hall–Kier alpha value is -0.0400. The van der Waals surface area contributed by atoms with E-state index in [4.69, 9.17) is 5.32 Å². The Morgan fingerprint density at radius 1 is 0.812 bits per heavy atom. The molecule has 1 fully saturated rings. The van der Waals surface area contributed by atoms with Crippen molar-refractivity contribution in [1.29, 1.82) is 0 Å². The molecule has 1 heteroatoms. The van der Waals surface area contributed by atoms with E-state index < -0.39 is 0 Å². The molecule has 0 N–H and O–H groups in total. The van der Waals surface area contributed by atoms with Crippen LogP contribution in [0.4, 0.5) is 0 Å². The average molecular weight is 224 g/mol. The van der Waals surface area contributed by atoms with Gasteiger partial charge in [0.25, 0.3) is 0 Å². The summed E-state index contributed by atoms with van der Waals surface area (Å²) in [6, 6.07) is 0.730. The molecule has 1 aliphatic rings. The number of unbranched alkanes of at least 4 members (excludes halogenated alkanes) is 6. The molecular weight excluding hydrogens is 194 g/mol. The number of nitrogens with zero attached hydrogens (tertiary/aromatic N) is 1. The minimum absolute atomic E-state index is 0.730. The van der Waals surface area contributed by atoms with Gasteiger partial charge in [-0.2, -0.15) is 0 Å². The van der Waals surface area contributed by atoms with Crippen LogP contribution in [0, 0.1) is 0 Å². The predicted molar refractivity (Wildman–Crippen MR) is 71.9 cm³/mol. The van der Waals surface area contributed by atoms with Crippen LogP contribution in [0.5, 0.6) is 0 Å². The molecule has 1 saturated carbocycles. The normalized spacial score (nSPS) is 17.8. The summed E-state index contributed by atoms with van der Waals surface area (Å²) in [5.74, 6) is 0. The molecule has 0 bridgehead atoms. The van der Waals surface area contributed by atoms with Crippen molar-refractivity contribution in [3.63, 3.8) is 0 Å². The van der Waals surface area contributed by atoms with E-state index in [2.05, 4.69) is 6.92 Å². The van der Waals surface area contributed by atoms with Crippen LogP contribution in [0.25, 0.3) is 0 Å². The first-order chi connectivity index (χ1) is 7.93. The third-order valence-corrected chi connectivity index (χ3v) is 3.72. The average Bonchev–Trinajstić information content (AvgIpc) is 2.34. The maximum atomic E-state index is 4.82. The molecule has 0 aliphatic heterocycles.